The minimum atomic E-state index is -3.82. The number of carboxylic acid groups (broad SMARTS) is 1. The van der Waals surface area contributed by atoms with E-state index in [1.54, 1.807) is 60.3 Å². The van der Waals surface area contributed by atoms with Gasteiger partial charge in [-0.3, -0.25) is 4.79 Å². The molecule has 176 valence electrons. The number of aliphatic carboxylic acids is 1. The Morgan fingerprint density at radius 3 is 2.51 bits per heavy atom. The van der Waals surface area contributed by atoms with Crippen LogP contribution in [0.4, 0.5) is 0 Å². The third kappa shape index (κ3) is 3.85. The van der Waals surface area contributed by atoms with Crippen LogP contribution in [0.15, 0.2) is 77.8 Å². The molecule has 1 atom stereocenters. The molecule has 1 aliphatic rings. The van der Waals surface area contributed by atoms with Gasteiger partial charge in [0, 0.05) is 34.8 Å². The van der Waals surface area contributed by atoms with Crippen LogP contribution < -0.4 is 4.74 Å². The predicted molar refractivity (Wildman–Crippen MR) is 132 cm³/mol. The third-order valence-electron chi connectivity index (χ3n) is 6.27. The summed E-state index contributed by atoms with van der Waals surface area (Å²) in [6, 6.07) is 18.8. The highest BCUT2D eigenvalue weighted by Gasteiger charge is 2.44. The topological polar surface area (TPSA) is 88.8 Å². The molecule has 1 N–H and O–H groups in total. The summed E-state index contributed by atoms with van der Waals surface area (Å²) in [5, 5.41) is 10.2. The Balaban J connectivity index is 1.72. The van der Waals surface area contributed by atoms with E-state index in [-0.39, 0.29) is 18.0 Å². The van der Waals surface area contributed by atoms with E-state index in [2.05, 4.69) is 5.92 Å². The average molecular weight is 487 g/mol. The molecule has 4 aromatic rings. The SMILES string of the molecule is C#Cc1ccc(CN2C(c3cn(CC(=O)O)c4ccc(OC)cc34)c3ccccc3S2(=O)=O)cc1. The number of aromatic nitrogens is 1. The summed E-state index contributed by atoms with van der Waals surface area (Å²) in [5.41, 5.74) is 3.51. The van der Waals surface area contributed by atoms with Crippen LogP contribution in [-0.4, -0.2) is 35.5 Å². The highest BCUT2D eigenvalue weighted by atomic mass is 32.2. The molecule has 0 radical (unpaired) electrons. The highest BCUT2D eigenvalue weighted by molar-refractivity contribution is 7.89. The molecular formula is C27H22N2O5S. The predicted octanol–water partition coefficient (Wildman–Crippen LogP) is 4.01. The molecule has 5 rings (SSSR count). The van der Waals surface area contributed by atoms with E-state index >= 15 is 0 Å². The number of hydrogen-bond acceptors (Lipinski definition) is 4. The van der Waals surface area contributed by atoms with Crippen molar-refractivity contribution >= 4 is 26.9 Å². The van der Waals surface area contributed by atoms with Gasteiger partial charge in [-0.1, -0.05) is 36.3 Å². The summed E-state index contributed by atoms with van der Waals surface area (Å²) < 4.78 is 35.9. The van der Waals surface area contributed by atoms with E-state index < -0.39 is 22.0 Å². The number of carbonyl (C=O) groups is 1. The maximum absolute atomic E-state index is 13.7. The minimum Gasteiger partial charge on any atom is -0.497 e. The summed E-state index contributed by atoms with van der Waals surface area (Å²) in [6.07, 6.45) is 7.20. The molecule has 0 saturated heterocycles. The molecule has 2 heterocycles. The van der Waals surface area contributed by atoms with Gasteiger partial charge in [-0.25, -0.2) is 8.42 Å². The van der Waals surface area contributed by atoms with E-state index in [0.717, 1.165) is 10.9 Å². The van der Waals surface area contributed by atoms with Crippen molar-refractivity contribution in [1.82, 2.24) is 8.87 Å². The molecule has 0 aliphatic carbocycles. The van der Waals surface area contributed by atoms with Crippen LogP contribution in [0.5, 0.6) is 5.75 Å². The Hall–Kier alpha value is -4.06. The smallest absolute Gasteiger partial charge is 0.323 e. The molecule has 35 heavy (non-hydrogen) atoms. The number of ether oxygens (including phenoxy) is 1. The van der Waals surface area contributed by atoms with Crippen LogP contribution >= 0.6 is 0 Å². The number of fused-ring (bicyclic) bond motifs is 2. The molecule has 0 spiro atoms. The van der Waals surface area contributed by atoms with Crippen molar-refractivity contribution in [2.75, 3.05) is 7.11 Å². The van der Waals surface area contributed by atoms with Gasteiger partial charge in [0.2, 0.25) is 10.0 Å². The Morgan fingerprint density at radius 1 is 1.09 bits per heavy atom. The van der Waals surface area contributed by atoms with E-state index in [1.165, 1.54) is 4.31 Å². The Labute approximate surface area is 203 Å². The number of hydrogen-bond donors (Lipinski definition) is 1. The van der Waals surface area contributed by atoms with Gasteiger partial charge in [-0.15, -0.1) is 6.42 Å². The van der Waals surface area contributed by atoms with Crippen LogP contribution in [0.2, 0.25) is 0 Å². The first-order valence-corrected chi connectivity index (χ1v) is 12.3. The van der Waals surface area contributed by atoms with Crippen molar-refractivity contribution in [2.24, 2.45) is 0 Å². The fourth-order valence-electron chi connectivity index (χ4n) is 4.67. The van der Waals surface area contributed by atoms with Crippen molar-refractivity contribution in [3.05, 3.63) is 95.2 Å². The molecule has 3 aromatic carbocycles. The average Bonchev–Trinajstić information content (AvgIpc) is 3.30. The van der Waals surface area contributed by atoms with Crippen molar-refractivity contribution in [1.29, 1.82) is 0 Å². The lowest BCUT2D eigenvalue weighted by Gasteiger charge is -2.24. The molecule has 1 aliphatic heterocycles. The maximum atomic E-state index is 13.7. The normalized spacial score (nSPS) is 16.6. The Kier molecular flexibility index (Phi) is 5.59. The first-order chi connectivity index (χ1) is 16.8. The number of carboxylic acids is 1. The molecule has 0 bridgehead atoms. The van der Waals surface area contributed by atoms with Crippen LogP contribution in [-0.2, 0) is 27.9 Å². The number of benzene rings is 3. The lowest BCUT2D eigenvalue weighted by Crippen LogP contribution is -2.28. The zero-order valence-electron chi connectivity index (χ0n) is 18.9. The molecule has 1 unspecified atom stereocenters. The summed E-state index contributed by atoms with van der Waals surface area (Å²) in [4.78, 5) is 11.8. The standard InChI is InChI=1S/C27H22N2O5S/c1-3-18-8-10-19(11-9-18)15-29-27(21-6-4-5-7-25(21)35(29,32)33)23-16-28(17-26(30)31)24-13-12-20(34-2)14-22(23)24/h1,4-14,16,27H,15,17H2,2H3,(H,30,31). The zero-order chi connectivity index (χ0) is 24.7. The summed E-state index contributed by atoms with van der Waals surface area (Å²) >= 11 is 0. The Bertz CT molecular complexity index is 1600. The fourth-order valence-corrected chi connectivity index (χ4v) is 6.48. The van der Waals surface area contributed by atoms with Crippen molar-refractivity contribution < 1.29 is 23.1 Å². The quantitative estimate of drug-likeness (QED) is 0.416. The van der Waals surface area contributed by atoms with Crippen LogP contribution in [0.3, 0.4) is 0 Å². The molecule has 7 nitrogen and oxygen atoms in total. The number of terminal acetylenes is 1. The van der Waals surface area contributed by atoms with Gasteiger partial charge in [0.15, 0.2) is 0 Å². The van der Waals surface area contributed by atoms with Crippen molar-refractivity contribution in [3.63, 3.8) is 0 Å². The summed E-state index contributed by atoms with van der Waals surface area (Å²) in [7, 11) is -2.27. The second-order valence-electron chi connectivity index (χ2n) is 8.32. The van der Waals surface area contributed by atoms with Gasteiger partial charge < -0.3 is 14.4 Å². The first kappa shape index (κ1) is 22.7. The van der Waals surface area contributed by atoms with Gasteiger partial charge in [0.05, 0.1) is 18.0 Å². The second kappa shape index (κ2) is 8.62. The second-order valence-corrected chi connectivity index (χ2v) is 10.2. The lowest BCUT2D eigenvalue weighted by atomic mass is 9.97. The first-order valence-electron chi connectivity index (χ1n) is 10.9. The van der Waals surface area contributed by atoms with E-state index in [9.17, 15) is 18.3 Å². The van der Waals surface area contributed by atoms with Gasteiger partial charge in [0.25, 0.3) is 0 Å². The summed E-state index contributed by atoms with van der Waals surface area (Å²) in [5.74, 6) is 2.17. The van der Waals surface area contributed by atoms with Crippen LogP contribution in [0, 0.1) is 12.3 Å². The maximum Gasteiger partial charge on any atom is 0.323 e. The fraction of sp³-hybridized carbons (Fsp3) is 0.148. The highest BCUT2D eigenvalue weighted by Crippen LogP contribution is 2.46. The van der Waals surface area contributed by atoms with Gasteiger partial charge in [-0.2, -0.15) is 4.31 Å². The van der Waals surface area contributed by atoms with Gasteiger partial charge in [-0.05, 0) is 47.5 Å². The Morgan fingerprint density at radius 2 is 1.83 bits per heavy atom. The van der Waals surface area contributed by atoms with Crippen LogP contribution in [0.1, 0.15) is 28.3 Å². The van der Waals surface area contributed by atoms with Crippen molar-refractivity contribution in [3.8, 4) is 18.1 Å². The number of methoxy groups -OCH3 is 1. The molecule has 1 aromatic heterocycles. The molecule has 0 amide bonds. The molecular weight excluding hydrogens is 464 g/mol. The minimum absolute atomic E-state index is 0.127. The van der Waals surface area contributed by atoms with Gasteiger partial charge >= 0.3 is 5.97 Å². The summed E-state index contributed by atoms with van der Waals surface area (Å²) in [6.45, 7) is -0.125. The van der Waals surface area contributed by atoms with E-state index in [1.807, 2.05) is 24.3 Å². The van der Waals surface area contributed by atoms with E-state index in [4.69, 9.17) is 11.2 Å². The van der Waals surface area contributed by atoms with E-state index in [0.29, 0.717) is 28.0 Å². The number of sulfonamides is 1. The largest absolute Gasteiger partial charge is 0.497 e. The molecule has 0 fully saturated rings. The lowest BCUT2D eigenvalue weighted by molar-refractivity contribution is -0.137. The number of rotatable bonds is 6. The van der Waals surface area contributed by atoms with Crippen molar-refractivity contribution in [2.45, 2.75) is 24.0 Å². The zero-order valence-corrected chi connectivity index (χ0v) is 19.7. The number of nitrogens with zero attached hydrogens (tertiary/aromatic N) is 2. The van der Waals surface area contributed by atoms with Crippen LogP contribution in [0.25, 0.3) is 10.9 Å². The van der Waals surface area contributed by atoms with Gasteiger partial charge in [0.1, 0.15) is 12.3 Å². The molecule has 0 saturated carbocycles. The molecule has 8 heteroatoms. The third-order valence-corrected chi connectivity index (χ3v) is 8.15. The monoisotopic (exact) mass is 486 g/mol.